The van der Waals surface area contributed by atoms with Crippen molar-refractivity contribution in [2.24, 2.45) is 17.8 Å². The Balaban J connectivity index is 1.56. The van der Waals surface area contributed by atoms with Gasteiger partial charge in [0, 0.05) is 15.5 Å². The lowest BCUT2D eigenvalue weighted by Gasteiger charge is -2.30. The fourth-order valence-electron chi connectivity index (χ4n) is 6.01. The first-order valence-electron chi connectivity index (χ1n) is 9.65. The van der Waals surface area contributed by atoms with E-state index in [1.807, 2.05) is 32.1 Å². The second-order valence-corrected chi connectivity index (χ2v) is 10.3. The molecule has 1 aromatic carbocycles. The molecule has 2 aromatic rings. The SMILES string of the molecule is CC(C)(C)OC(=O)C[C@@H]1c2sc3ccccc3c2[C@H]2[C@@H]3CC[C@@H](C3)[C@H]21. The number of ether oxygens (including phenoxy) is 1. The van der Waals surface area contributed by atoms with Crippen molar-refractivity contribution in [1.82, 2.24) is 0 Å². The van der Waals surface area contributed by atoms with Crippen molar-refractivity contribution >= 4 is 27.4 Å². The Bertz CT molecular complexity index is 843. The Kier molecular flexibility index (Phi) is 3.38. The molecule has 1 heterocycles. The lowest BCUT2D eigenvalue weighted by Crippen LogP contribution is -2.27. The molecule has 0 aliphatic heterocycles. The second kappa shape index (κ2) is 5.33. The minimum atomic E-state index is -0.396. The maximum absolute atomic E-state index is 12.6. The van der Waals surface area contributed by atoms with E-state index in [-0.39, 0.29) is 5.97 Å². The molecule has 2 saturated carbocycles. The Morgan fingerprint density at radius 2 is 1.96 bits per heavy atom. The van der Waals surface area contributed by atoms with E-state index < -0.39 is 5.60 Å². The number of rotatable bonds is 2. The molecule has 3 heteroatoms. The summed E-state index contributed by atoms with van der Waals surface area (Å²) < 4.78 is 7.07. The lowest BCUT2D eigenvalue weighted by molar-refractivity contribution is -0.155. The van der Waals surface area contributed by atoms with Crippen LogP contribution < -0.4 is 0 Å². The predicted octanol–water partition coefficient (Wildman–Crippen LogP) is 5.86. The van der Waals surface area contributed by atoms with Crippen LogP contribution in [-0.4, -0.2) is 11.6 Å². The highest BCUT2D eigenvalue weighted by molar-refractivity contribution is 7.19. The summed E-state index contributed by atoms with van der Waals surface area (Å²) in [5.74, 6) is 3.39. The number of hydrogen-bond donors (Lipinski definition) is 0. The van der Waals surface area contributed by atoms with Gasteiger partial charge in [0.25, 0.3) is 0 Å². The molecule has 0 amide bonds. The molecule has 3 aliphatic carbocycles. The molecule has 2 nitrogen and oxygen atoms in total. The van der Waals surface area contributed by atoms with Crippen LogP contribution >= 0.6 is 11.3 Å². The van der Waals surface area contributed by atoms with Crippen LogP contribution in [0.2, 0.25) is 0 Å². The highest BCUT2D eigenvalue weighted by atomic mass is 32.1. The van der Waals surface area contributed by atoms with Crippen molar-refractivity contribution in [3.8, 4) is 0 Å². The number of esters is 1. The minimum Gasteiger partial charge on any atom is -0.460 e. The zero-order valence-electron chi connectivity index (χ0n) is 15.2. The zero-order valence-corrected chi connectivity index (χ0v) is 16.1. The molecule has 3 aliphatic rings. The van der Waals surface area contributed by atoms with Crippen LogP contribution in [0.4, 0.5) is 0 Å². The number of thiophene rings is 1. The maximum atomic E-state index is 12.6. The molecule has 1 aromatic heterocycles. The fourth-order valence-corrected chi connectivity index (χ4v) is 7.43. The third-order valence-electron chi connectivity index (χ3n) is 6.58. The monoisotopic (exact) mass is 354 g/mol. The molecule has 0 saturated heterocycles. The minimum absolute atomic E-state index is 0.0238. The Hall–Kier alpha value is -1.35. The van der Waals surface area contributed by atoms with Gasteiger partial charge in [-0.2, -0.15) is 0 Å². The van der Waals surface area contributed by atoms with Gasteiger partial charge in [0.1, 0.15) is 5.60 Å². The van der Waals surface area contributed by atoms with Gasteiger partial charge in [0.05, 0.1) is 6.42 Å². The molecule has 132 valence electrons. The molecule has 0 spiro atoms. The Morgan fingerprint density at radius 3 is 2.76 bits per heavy atom. The van der Waals surface area contributed by atoms with E-state index >= 15 is 0 Å². The van der Waals surface area contributed by atoms with Crippen LogP contribution in [0, 0.1) is 17.8 Å². The van der Waals surface area contributed by atoms with Crippen molar-refractivity contribution in [2.75, 3.05) is 0 Å². The second-order valence-electron chi connectivity index (χ2n) is 9.21. The molecular weight excluding hydrogens is 328 g/mol. The van der Waals surface area contributed by atoms with Gasteiger partial charge in [0.15, 0.2) is 0 Å². The third kappa shape index (κ3) is 2.38. The maximum Gasteiger partial charge on any atom is 0.306 e. The van der Waals surface area contributed by atoms with Crippen molar-refractivity contribution in [2.45, 2.75) is 63.9 Å². The Morgan fingerprint density at radius 1 is 1.20 bits per heavy atom. The molecule has 5 atom stereocenters. The van der Waals surface area contributed by atoms with Gasteiger partial charge in [-0.05, 0) is 80.7 Å². The first-order valence-corrected chi connectivity index (χ1v) is 10.5. The summed E-state index contributed by atoms with van der Waals surface area (Å²) in [4.78, 5) is 14.1. The normalized spacial score (nSPS) is 32.8. The van der Waals surface area contributed by atoms with Crippen molar-refractivity contribution in [3.63, 3.8) is 0 Å². The van der Waals surface area contributed by atoms with E-state index in [9.17, 15) is 4.79 Å². The number of carbonyl (C=O) groups is 1. The van der Waals surface area contributed by atoms with Crippen molar-refractivity contribution in [1.29, 1.82) is 0 Å². The van der Waals surface area contributed by atoms with Crippen LogP contribution in [0.5, 0.6) is 0 Å². The quantitative estimate of drug-likeness (QED) is 0.631. The summed E-state index contributed by atoms with van der Waals surface area (Å²) in [5, 5.41) is 1.46. The summed E-state index contributed by atoms with van der Waals surface area (Å²) in [7, 11) is 0. The third-order valence-corrected chi connectivity index (χ3v) is 7.90. The van der Waals surface area contributed by atoms with Crippen LogP contribution in [0.1, 0.15) is 68.7 Å². The number of carbonyl (C=O) groups excluding carboxylic acids is 1. The largest absolute Gasteiger partial charge is 0.460 e. The van der Waals surface area contributed by atoms with Crippen molar-refractivity contribution < 1.29 is 9.53 Å². The molecule has 2 fully saturated rings. The van der Waals surface area contributed by atoms with Gasteiger partial charge >= 0.3 is 5.97 Å². The first kappa shape index (κ1) is 15.9. The average molecular weight is 355 g/mol. The Labute approximate surface area is 153 Å². The highest BCUT2D eigenvalue weighted by Gasteiger charge is 2.57. The van der Waals surface area contributed by atoms with E-state index in [2.05, 4.69) is 24.3 Å². The van der Waals surface area contributed by atoms with Gasteiger partial charge in [-0.3, -0.25) is 4.79 Å². The van der Waals surface area contributed by atoms with E-state index in [0.29, 0.717) is 24.2 Å². The molecule has 5 rings (SSSR count). The molecule has 25 heavy (non-hydrogen) atoms. The van der Waals surface area contributed by atoms with E-state index in [1.165, 1.54) is 34.2 Å². The topological polar surface area (TPSA) is 26.3 Å². The predicted molar refractivity (Wildman–Crippen MR) is 102 cm³/mol. The van der Waals surface area contributed by atoms with E-state index in [0.717, 1.165) is 11.8 Å². The van der Waals surface area contributed by atoms with Gasteiger partial charge in [-0.25, -0.2) is 0 Å². The molecular formula is C22H26O2S. The fraction of sp³-hybridized carbons (Fsp3) is 0.591. The van der Waals surface area contributed by atoms with E-state index in [1.54, 1.807) is 5.56 Å². The number of fused-ring (bicyclic) bond motifs is 9. The molecule has 2 bridgehead atoms. The van der Waals surface area contributed by atoms with Crippen LogP contribution in [0.25, 0.3) is 10.1 Å². The lowest BCUT2D eigenvalue weighted by atomic mass is 9.75. The van der Waals surface area contributed by atoms with E-state index in [4.69, 9.17) is 4.74 Å². The average Bonchev–Trinajstić information content (AvgIpc) is 3.25. The molecule has 0 radical (unpaired) electrons. The smallest absolute Gasteiger partial charge is 0.306 e. The van der Waals surface area contributed by atoms with Crippen LogP contribution in [0.15, 0.2) is 24.3 Å². The summed E-state index contributed by atoms with van der Waals surface area (Å²) in [6, 6.07) is 8.84. The number of hydrogen-bond acceptors (Lipinski definition) is 3. The van der Waals surface area contributed by atoms with Gasteiger partial charge in [0.2, 0.25) is 0 Å². The van der Waals surface area contributed by atoms with Crippen LogP contribution in [-0.2, 0) is 9.53 Å². The zero-order chi connectivity index (χ0) is 17.3. The first-order chi connectivity index (χ1) is 11.9. The summed E-state index contributed by atoms with van der Waals surface area (Å²) in [6.45, 7) is 5.89. The van der Waals surface area contributed by atoms with Gasteiger partial charge < -0.3 is 4.74 Å². The standard InChI is InChI=1S/C22H26O2S/c1-22(2,3)24-17(23)11-15-18-12-8-9-13(10-12)19(18)20-14-6-4-5-7-16(14)25-21(15)20/h4-7,12-13,15,18-19H,8-11H2,1-3H3/t12-,13+,15-,18-,19-/m0/s1. The highest BCUT2D eigenvalue weighted by Crippen LogP contribution is 2.68. The van der Waals surface area contributed by atoms with Crippen LogP contribution in [0.3, 0.4) is 0 Å². The summed E-state index contributed by atoms with van der Waals surface area (Å²) in [6.07, 6.45) is 4.68. The van der Waals surface area contributed by atoms with Crippen molar-refractivity contribution in [3.05, 3.63) is 34.7 Å². The summed E-state index contributed by atoms with van der Waals surface area (Å²) in [5.41, 5.74) is 1.21. The number of benzene rings is 1. The molecule has 0 N–H and O–H groups in total. The van der Waals surface area contributed by atoms with Gasteiger partial charge in [-0.1, -0.05) is 18.2 Å². The molecule has 0 unspecified atom stereocenters. The van der Waals surface area contributed by atoms with Gasteiger partial charge in [-0.15, -0.1) is 11.3 Å². The summed E-state index contributed by atoms with van der Waals surface area (Å²) >= 11 is 1.94.